The van der Waals surface area contributed by atoms with E-state index in [1.54, 1.807) is 42.5 Å². The zero-order chi connectivity index (χ0) is 41.7. The maximum atomic E-state index is 13.6. The number of hydrogen-bond donors (Lipinski definition) is 1. The molecule has 6 amide bonds. The third kappa shape index (κ3) is 7.38. The minimum absolute atomic E-state index is 0.00364. The lowest BCUT2D eigenvalue weighted by Gasteiger charge is -2.43. The Kier molecular flexibility index (Phi) is 10.6. The molecule has 6 heterocycles. The number of halogens is 1. The molecule has 3 aromatic rings. The van der Waals surface area contributed by atoms with Crippen LogP contribution in [0, 0.1) is 12.0 Å². The highest BCUT2D eigenvalue weighted by molar-refractivity contribution is 6.33. The van der Waals surface area contributed by atoms with Crippen LogP contribution in [0.25, 0.3) is 4.85 Å². The number of rotatable bonds is 6. The molecule has 5 fully saturated rings. The Morgan fingerprint density at radius 1 is 0.683 bits per heavy atom. The summed E-state index contributed by atoms with van der Waals surface area (Å²) >= 11 is 6.32. The van der Waals surface area contributed by atoms with E-state index in [0.717, 1.165) is 87.6 Å². The zero-order valence-electron chi connectivity index (χ0n) is 33.4. The topological polar surface area (TPSA) is 138 Å². The van der Waals surface area contributed by atoms with Crippen LogP contribution in [0.5, 0.6) is 0 Å². The number of amides is 6. The predicted octanol–water partition coefficient (Wildman–Crippen LogP) is 4.85. The van der Waals surface area contributed by atoms with E-state index >= 15 is 0 Å². The van der Waals surface area contributed by atoms with Crippen molar-refractivity contribution in [1.82, 2.24) is 24.9 Å². The molecule has 1 spiro atoms. The van der Waals surface area contributed by atoms with Gasteiger partial charge in [0.2, 0.25) is 17.5 Å². The van der Waals surface area contributed by atoms with Crippen LogP contribution < -0.4 is 15.1 Å². The molecular formula is C45H47ClN8O6. The number of nitrogens with zero attached hydrogens (tertiary/aromatic N) is 7. The van der Waals surface area contributed by atoms with E-state index in [1.165, 1.54) is 0 Å². The van der Waals surface area contributed by atoms with Gasteiger partial charge in [0.25, 0.3) is 23.6 Å². The first kappa shape index (κ1) is 39.7. The number of carbonyl (C=O) groups excluding carboxylic acids is 6. The smallest absolute Gasteiger partial charge is 0.262 e. The van der Waals surface area contributed by atoms with Gasteiger partial charge in [-0.15, -0.1) is 0 Å². The maximum absolute atomic E-state index is 13.6. The Morgan fingerprint density at radius 2 is 1.28 bits per heavy atom. The van der Waals surface area contributed by atoms with Crippen LogP contribution in [-0.2, 0) is 9.59 Å². The van der Waals surface area contributed by atoms with Crippen molar-refractivity contribution >= 4 is 64.1 Å². The van der Waals surface area contributed by atoms with Gasteiger partial charge in [-0.3, -0.25) is 43.9 Å². The quantitative estimate of drug-likeness (QED) is 0.273. The van der Waals surface area contributed by atoms with Crippen molar-refractivity contribution in [2.24, 2.45) is 5.41 Å². The number of imide groups is 2. The number of benzene rings is 3. The molecule has 1 atom stereocenters. The summed E-state index contributed by atoms with van der Waals surface area (Å²) in [5.41, 5.74) is 4.24. The van der Waals surface area contributed by atoms with Gasteiger partial charge in [-0.25, -0.2) is 4.85 Å². The molecule has 0 bridgehead atoms. The molecule has 15 heteroatoms. The summed E-state index contributed by atoms with van der Waals surface area (Å²) in [7, 11) is 0. The van der Waals surface area contributed by atoms with Gasteiger partial charge in [0, 0.05) is 105 Å². The number of carbonyl (C=O) groups is 6. The number of likely N-dealkylation sites (tertiary alicyclic amines) is 1. The molecule has 0 aliphatic carbocycles. The first-order valence-electron chi connectivity index (χ1n) is 21.0. The fourth-order valence-corrected chi connectivity index (χ4v) is 10.3. The van der Waals surface area contributed by atoms with E-state index < -0.39 is 29.7 Å². The van der Waals surface area contributed by atoms with E-state index in [2.05, 4.69) is 24.9 Å². The molecule has 6 aliphatic heterocycles. The Balaban J connectivity index is 0.727. The third-order valence-electron chi connectivity index (χ3n) is 13.7. The van der Waals surface area contributed by atoms with Crippen molar-refractivity contribution in [2.45, 2.75) is 57.0 Å². The second-order valence-corrected chi connectivity index (χ2v) is 17.4. The maximum Gasteiger partial charge on any atom is 0.262 e. The molecule has 0 aromatic heterocycles. The van der Waals surface area contributed by atoms with Crippen LogP contribution in [0.1, 0.15) is 86.4 Å². The molecule has 60 heavy (non-hydrogen) atoms. The first-order chi connectivity index (χ1) is 29.0. The SMILES string of the molecule is [C-]#[N+]c1ccc(N2CCC3(CCN(C(=O)c4ccc(C(=O)N5CCN(C6CCN(c7ccc8c(c7)C(=O)N(C7CCC(=O)NC7=O)C8=O)CC6)CC5)cc4)CC3)C2)cc1Cl. The molecule has 3 aromatic carbocycles. The van der Waals surface area contributed by atoms with Crippen LogP contribution in [-0.4, -0.2) is 133 Å². The first-order valence-corrected chi connectivity index (χ1v) is 21.3. The molecule has 9 rings (SSSR count). The highest BCUT2D eigenvalue weighted by Gasteiger charge is 2.45. The lowest BCUT2D eigenvalue weighted by molar-refractivity contribution is -0.136. The van der Waals surface area contributed by atoms with Gasteiger partial charge in [-0.1, -0.05) is 17.7 Å². The summed E-state index contributed by atoms with van der Waals surface area (Å²) in [5, 5.41) is 2.71. The largest absolute Gasteiger partial charge is 0.371 e. The number of anilines is 2. The van der Waals surface area contributed by atoms with Crippen LogP contribution in [0.3, 0.4) is 0 Å². The van der Waals surface area contributed by atoms with E-state index in [9.17, 15) is 28.8 Å². The molecular weight excluding hydrogens is 784 g/mol. The van der Waals surface area contributed by atoms with Gasteiger partial charge < -0.3 is 19.6 Å². The number of hydrogen-bond acceptors (Lipinski definition) is 9. The molecule has 0 saturated carbocycles. The minimum atomic E-state index is -0.990. The predicted molar refractivity (Wildman–Crippen MR) is 224 cm³/mol. The molecule has 0 radical (unpaired) electrons. The van der Waals surface area contributed by atoms with Crippen molar-refractivity contribution < 1.29 is 28.8 Å². The average molecular weight is 831 g/mol. The molecule has 5 saturated heterocycles. The number of nitrogens with one attached hydrogen (secondary N) is 1. The minimum Gasteiger partial charge on any atom is -0.371 e. The lowest BCUT2D eigenvalue weighted by atomic mass is 9.77. The van der Waals surface area contributed by atoms with E-state index in [4.69, 9.17) is 18.2 Å². The zero-order valence-corrected chi connectivity index (χ0v) is 34.2. The normalized spacial score (nSPS) is 22.3. The monoisotopic (exact) mass is 830 g/mol. The van der Waals surface area contributed by atoms with Gasteiger partial charge in [-0.05, 0) is 98.5 Å². The van der Waals surface area contributed by atoms with Crippen molar-refractivity contribution in [3.8, 4) is 0 Å². The van der Waals surface area contributed by atoms with Crippen LogP contribution in [0.15, 0.2) is 60.7 Å². The Bertz CT molecular complexity index is 2300. The summed E-state index contributed by atoms with van der Waals surface area (Å²) in [6, 6.07) is 17.4. The van der Waals surface area contributed by atoms with Gasteiger partial charge in [0.1, 0.15) is 6.04 Å². The average Bonchev–Trinajstić information content (AvgIpc) is 3.80. The van der Waals surface area contributed by atoms with Gasteiger partial charge >= 0.3 is 0 Å². The fraction of sp³-hybridized carbons (Fsp3) is 0.444. The molecule has 6 aliphatic rings. The van der Waals surface area contributed by atoms with Crippen LogP contribution >= 0.6 is 11.6 Å². The lowest BCUT2D eigenvalue weighted by Crippen LogP contribution is -2.54. The van der Waals surface area contributed by atoms with Gasteiger partial charge in [-0.2, -0.15) is 0 Å². The van der Waals surface area contributed by atoms with Gasteiger partial charge in [0.05, 0.1) is 17.7 Å². The van der Waals surface area contributed by atoms with Crippen molar-refractivity contribution in [3.05, 3.63) is 99.4 Å². The van der Waals surface area contributed by atoms with Crippen molar-refractivity contribution in [1.29, 1.82) is 0 Å². The summed E-state index contributed by atoms with van der Waals surface area (Å²) < 4.78 is 0. The van der Waals surface area contributed by atoms with Crippen LogP contribution in [0.4, 0.5) is 17.1 Å². The second kappa shape index (κ2) is 16.0. The van der Waals surface area contributed by atoms with E-state index in [-0.39, 0.29) is 41.2 Å². The summed E-state index contributed by atoms with van der Waals surface area (Å²) in [6.45, 7) is 14.8. The molecule has 1 N–H and O–H groups in total. The Hall–Kier alpha value is -5.78. The molecule has 310 valence electrons. The Morgan fingerprint density at radius 3 is 1.92 bits per heavy atom. The van der Waals surface area contributed by atoms with Crippen LogP contribution in [0.2, 0.25) is 5.02 Å². The molecule has 14 nitrogen and oxygen atoms in total. The standard InChI is InChI=1S/C45H47ClN8O6/c1-47-37-9-7-33(27-36(37)46)53-21-16-45(28-53)14-19-51(20-15-45)41(57)29-2-4-30(5-3-29)42(58)52-24-22-50(23-25-52)31-12-17-49(18-13-31)32-6-8-34-35(26-32)44(60)54(43(34)59)38-10-11-39(55)48-40(38)56/h2-9,26-27,31,38H,10-25,28H2,(H,48,55,56). The van der Waals surface area contributed by atoms with Crippen molar-refractivity contribution in [2.75, 3.05) is 75.2 Å². The highest BCUT2D eigenvalue weighted by atomic mass is 35.5. The third-order valence-corrected chi connectivity index (χ3v) is 14.0. The summed E-state index contributed by atoms with van der Waals surface area (Å²) in [5.74, 6) is -2.06. The summed E-state index contributed by atoms with van der Waals surface area (Å²) in [6.07, 6.45) is 4.96. The Labute approximate surface area is 353 Å². The van der Waals surface area contributed by atoms with E-state index in [0.29, 0.717) is 54.1 Å². The highest BCUT2D eigenvalue weighted by Crippen LogP contribution is 2.43. The number of piperazine rings is 1. The summed E-state index contributed by atoms with van der Waals surface area (Å²) in [4.78, 5) is 93.0. The number of piperidine rings is 3. The second-order valence-electron chi connectivity index (χ2n) is 17.0. The van der Waals surface area contributed by atoms with Crippen molar-refractivity contribution in [3.63, 3.8) is 0 Å². The number of fused-ring (bicyclic) bond motifs is 1. The fourth-order valence-electron chi connectivity index (χ4n) is 10.1. The van der Waals surface area contributed by atoms with E-state index in [1.807, 2.05) is 28.0 Å². The van der Waals surface area contributed by atoms with Gasteiger partial charge in [0.15, 0.2) is 0 Å². The molecule has 1 unspecified atom stereocenters.